The molecule has 0 bridgehead atoms. The molecule has 0 saturated carbocycles. The molecule has 1 aliphatic heterocycles. The summed E-state index contributed by atoms with van der Waals surface area (Å²) in [6, 6.07) is 13.4. The first-order chi connectivity index (χ1) is 14.3. The van der Waals surface area contributed by atoms with Gasteiger partial charge in [0.25, 0.3) is 5.91 Å². The van der Waals surface area contributed by atoms with Crippen LogP contribution < -0.4 is 5.32 Å². The fourth-order valence-electron chi connectivity index (χ4n) is 3.74. The Morgan fingerprint density at radius 2 is 1.73 bits per heavy atom. The zero-order chi connectivity index (χ0) is 21.7. The van der Waals surface area contributed by atoms with Gasteiger partial charge in [-0.2, -0.15) is 4.31 Å². The molecule has 0 aliphatic carbocycles. The van der Waals surface area contributed by atoms with Gasteiger partial charge >= 0.3 is 0 Å². The monoisotopic (exact) mass is 428 g/mol. The molecule has 1 fully saturated rings. The minimum Gasteiger partial charge on any atom is -0.352 e. The molecule has 1 N–H and O–H groups in total. The number of amides is 1. The lowest BCUT2D eigenvalue weighted by atomic mass is 10.0. The molecule has 1 amide bonds. The quantitative estimate of drug-likeness (QED) is 0.639. The third-order valence-electron chi connectivity index (χ3n) is 5.73. The number of carbonyl (C=O) groups is 1. The van der Waals surface area contributed by atoms with Gasteiger partial charge in [-0.15, -0.1) is 0 Å². The smallest absolute Gasteiger partial charge is 0.251 e. The maximum absolute atomic E-state index is 12.8. The summed E-state index contributed by atoms with van der Waals surface area (Å²) >= 11 is 0. The molecule has 30 heavy (non-hydrogen) atoms. The van der Waals surface area contributed by atoms with Gasteiger partial charge in [-0.05, 0) is 67.3 Å². The normalized spacial score (nSPS) is 14.9. The van der Waals surface area contributed by atoms with Crippen molar-refractivity contribution in [2.75, 3.05) is 19.6 Å². The Labute approximate surface area is 180 Å². The van der Waals surface area contributed by atoms with Gasteiger partial charge in [-0.1, -0.05) is 44.2 Å². The molecular weight excluding hydrogens is 396 g/mol. The number of hydrogen-bond acceptors (Lipinski definition) is 3. The Morgan fingerprint density at radius 3 is 2.37 bits per heavy atom. The van der Waals surface area contributed by atoms with Gasteiger partial charge < -0.3 is 5.32 Å². The molecule has 0 atom stereocenters. The highest BCUT2D eigenvalue weighted by atomic mass is 32.2. The molecule has 0 radical (unpaired) electrons. The lowest BCUT2D eigenvalue weighted by Crippen LogP contribution is -2.29. The van der Waals surface area contributed by atoms with E-state index in [9.17, 15) is 13.2 Å². The van der Waals surface area contributed by atoms with Crippen LogP contribution >= 0.6 is 0 Å². The van der Waals surface area contributed by atoms with E-state index in [0.29, 0.717) is 31.1 Å². The van der Waals surface area contributed by atoms with Crippen LogP contribution in [0.1, 0.15) is 66.1 Å². The van der Waals surface area contributed by atoms with Gasteiger partial charge in [-0.3, -0.25) is 4.79 Å². The number of sulfonamides is 1. The summed E-state index contributed by atoms with van der Waals surface area (Å²) in [5.41, 5.74) is 3.78. The van der Waals surface area contributed by atoms with Crippen molar-refractivity contribution in [2.45, 2.75) is 57.3 Å². The topological polar surface area (TPSA) is 66.5 Å². The number of hydrogen-bond donors (Lipinski definition) is 1. The highest BCUT2D eigenvalue weighted by molar-refractivity contribution is 7.89. The maximum Gasteiger partial charge on any atom is 0.251 e. The third kappa shape index (κ3) is 5.29. The zero-order valence-electron chi connectivity index (χ0n) is 18.1. The van der Waals surface area contributed by atoms with E-state index >= 15 is 0 Å². The van der Waals surface area contributed by atoms with Crippen LogP contribution in [0.4, 0.5) is 0 Å². The molecule has 6 heteroatoms. The van der Waals surface area contributed by atoms with Crippen LogP contribution in [-0.2, 0) is 16.4 Å². The van der Waals surface area contributed by atoms with Crippen molar-refractivity contribution >= 4 is 15.9 Å². The van der Waals surface area contributed by atoms with Gasteiger partial charge in [0.15, 0.2) is 0 Å². The van der Waals surface area contributed by atoms with Crippen molar-refractivity contribution in [1.82, 2.24) is 9.62 Å². The fraction of sp³-hybridized carbons (Fsp3) is 0.458. The molecule has 1 aliphatic rings. The molecule has 2 aromatic rings. The molecule has 162 valence electrons. The second kappa shape index (κ2) is 9.75. The molecular formula is C24H32N2O3S. The van der Waals surface area contributed by atoms with Crippen LogP contribution in [0.15, 0.2) is 47.4 Å². The van der Waals surface area contributed by atoms with Gasteiger partial charge in [-0.25, -0.2) is 8.42 Å². The number of benzene rings is 2. The summed E-state index contributed by atoms with van der Waals surface area (Å²) in [6.07, 6.45) is 3.50. The van der Waals surface area contributed by atoms with Crippen molar-refractivity contribution in [1.29, 1.82) is 0 Å². The molecule has 5 nitrogen and oxygen atoms in total. The average molecular weight is 429 g/mol. The Hall–Kier alpha value is -2.18. The van der Waals surface area contributed by atoms with Gasteiger partial charge in [0, 0.05) is 25.2 Å². The zero-order valence-corrected chi connectivity index (χ0v) is 19.0. The third-order valence-corrected chi connectivity index (χ3v) is 7.63. The molecule has 0 aromatic heterocycles. The predicted octanol–water partition coefficient (Wildman–Crippen LogP) is 4.27. The standard InChI is InChI=1S/C24H32N2O3S/c1-18(2)21-11-9-20(10-12-21)7-6-14-25-24(27)23-17-22(13-8-19(23)3)30(28,29)26-15-4-5-16-26/h8-13,17-18H,4-7,14-16H2,1-3H3,(H,25,27). The number of nitrogens with one attached hydrogen (secondary N) is 1. The van der Waals surface area contributed by atoms with E-state index < -0.39 is 10.0 Å². The van der Waals surface area contributed by atoms with Crippen LogP contribution in [0.5, 0.6) is 0 Å². The lowest BCUT2D eigenvalue weighted by Gasteiger charge is -2.17. The minimum atomic E-state index is -3.53. The van der Waals surface area contributed by atoms with Crippen LogP contribution in [0.3, 0.4) is 0 Å². The predicted molar refractivity (Wildman–Crippen MR) is 120 cm³/mol. The van der Waals surface area contributed by atoms with Gasteiger partial charge in [0.05, 0.1) is 4.90 Å². The average Bonchev–Trinajstić information content (AvgIpc) is 3.27. The first-order valence-corrected chi connectivity index (χ1v) is 12.2. The van der Waals surface area contributed by atoms with Crippen molar-refractivity contribution < 1.29 is 13.2 Å². The minimum absolute atomic E-state index is 0.199. The van der Waals surface area contributed by atoms with Gasteiger partial charge in [0.2, 0.25) is 10.0 Å². The molecule has 1 heterocycles. The van der Waals surface area contributed by atoms with Crippen LogP contribution in [0.2, 0.25) is 0 Å². The van der Waals surface area contributed by atoms with Crippen molar-refractivity contribution in [3.05, 3.63) is 64.7 Å². The molecule has 2 aromatic carbocycles. The van der Waals surface area contributed by atoms with Crippen molar-refractivity contribution in [3.63, 3.8) is 0 Å². The van der Waals surface area contributed by atoms with Crippen LogP contribution in [0, 0.1) is 6.92 Å². The summed E-state index contributed by atoms with van der Waals surface area (Å²) in [5.74, 6) is 0.299. The molecule has 0 spiro atoms. The lowest BCUT2D eigenvalue weighted by molar-refractivity contribution is 0.0952. The SMILES string of the molecule is Cc1ccc(S(=O)(=O)N2CCCC2)cc1C(=O)NCCCc1ccc(C(C)C)cc1. The van der Waals surface area contributed by atoms with E-state index in [1.54, 1.807) is 12.1 Å². The van der Waals surface area contributed by atoms with Crippen molar-refractivity contribution in [3.8, 4) is 0 Å². The maximum atomic E-state index is 12.8. The van der Waals surface area contributed by atoms with Crippen molar-refractivity contribution in [2.24, 2.45) is 0 Å². The highest BCUT2D eigenvalue weighted by Crippen LogP contribution is 2.23. The van der Waals surface area contributed by atoms with E-state index in [2.05, 4.69) is 43.4 Å². The molecule has 3 rings (SSSR count). The summed E-state index contributed by atoms with van der Waals surface area (Å²) < 4.78 is 27.1. The number of rotatable bonds is 8. The van der Waals surface area contributed by atoms with E-state index in [1.165, 1.54) is 21.5 Å². The van der Waals surface area contributed by atoms with E-state index in [4.69, 9.17) is 0 Å². The first kappa shape index (κ1) is 22.5. The Kier molecular flexibility index (Phi) is 7.32. The highest BCUT2D eigenvalue weighted by Gasteiger charge is 2.28. The second-order valence-electron chi connectivity index (χ2n) is 8.34. The number of carbonyl (C=O) groups excluding carboxylic acids is 1. The second-order valence-corrected chi connectivity index (χ2v) is 10.3. The Morgan fingerprint density at radius 1 is 1.07 bits per heavy atom. The first-order valence-electron chi connectivity index (χ1n) is 10.8. The number of aryl methyl sites for hydroxylation is 2. The molecule has 0 unspecified atom stereocenters. The fourth-order valence-corrected chi connectivity index (χ4v) is 5.29. The Balaban J connectivity index is 1.58. The van der Waals surface area contributed by atoms with E-state index in [0.717, 1.165) is 31.2 Å². The summed E-state index contributed by atoms with van der Waals surface area (Å²) in [6.45, 7) is 7.84. The van der Waals surface area contributed by atoms with E-state index in [1.807, 2.05) is 6.92 Å². The van der Waals surface area contributed by atoms with E-state index in [-0.39, 0.29) is 10.8 Å². The Bertz CT molecular complexity index is 976. The molecule has 1 saturated heterocycles. The van der Waals surface area contributed by atoms with Crippen LogP contribution in [0.25, 0.3) is 0 Å². The van der Waals surface area contributed by atoms with Gasteiger partial charge in [0.1, 0.15) is 0 Å². The summed E-state index contributed by atoms with van der Waals surface area (Å²) in [4.78, 5) is 12.9. The summed E-state index contributed by atoms with van der Waals surface area (Å²) in [5, 5.41) is 2.94. The number of nitrogens with zero attached hydrogens (tertiary/aromatic N) is 1. The summed E-state index contributed by atoms with van der Waals surface area (Å²) in [7, 11) is -3.53. The van der Waals surface area contributed by atoms with Crippen LogP contribution in [-0.4, -0.2) is 38.3 Å². The largest absolute Gasteiger partial charge is 0.352 e.